The molecule has 1 aromatic heterocycles. The Morgan fingerprint density at radius 3 is 2.56 bits per heavy atom. The highest BCUT2D eigenvalue weighted by Crippen LogP contribution is 2.15. The Bertz CT molecular complexity index is 426. The number of aromatic nitrogens is 2. The van der Waals surface area contributed by atoms with Crippen molar-refractivity contribution in [1.82, 2.24) is 15.1 Å². The van der Waals surface area contributed by atoms with Crippen LogP contribution in [0.15, 0.2) is 0 Å². The quantitative estimate of drug-likeness (QED) is 0.810. The maximum atomic E-state index is 12.2. The summed E-state index contributed by atoms with van der Waals surface area (Å²) in [5.74, 6) is 0.0656. The lowest BCUT2D eigenvalue weighted by molar-refractivity contribution is 0.0858. The molecular weight excluding hydrogens is 232 g/mol. The summed E-state index contributed by atoms with van der Waals surface area (Å²) in [6.07, 6.45) is 0. The van der Waals surface area contributed by atoms with Crippen molar-refractivity contribution in [2.45, 2.75) is 26.8 Å². The number of hydrogen-bond acceptors (Lipinski definition) is 4. The fourth-order valence-electron chi connectivity index (χ4n) is 1.76. The van der Waals surface area contributed by atoms with Gasteiger partial charge in [0.15, 0.2) is 0 Å². The molecule has 0 aliphatic heterocycles. The number of hydrogen-bond donors (Lipinski definition) is 2. The van der Waals surface area contributed by atoms with Crippen LogP contribution in [-0.4, -0.2) is 35.4 Å². The fourth-order valence-corrected chi connectivity index (χ4v) is 1.76. The number of nitrogens with two attached hydrogens (primary N) is 1. The summed E-state index contributed by atoms with van der Waals surface area (Å²) >= 11 is 0. The zero-order valence-corrected chi connectivity index (χ0v) is 11.7. The van der Waals surface area contributed by atoms with E-state index < -0.39 is 0 Å². The van der Waals surface area contributed by atoms with E-state index >= 15 is 0 Å². The van der Waals surface area contributed by atoms with Gasteiger partial charge >= 0.3 is 0 Å². The van der Waals surface area contributed by atoms with E-state index in [0.29, 0.717) is 23.7 Å². The summed E-state index contributed by atoms with van der Waals surface area (Å²) < 4.78 is 6.60. The second kappa shape index (κ2) is 5.86. The van der Waals surface area contributed by atoms with Crippen molar-refractivity contribution >= 4 is 11.6 Å². The van der Waals surface area contributed by atoms with Gasteiger partial charge in [-0.2, -0.15) is 5.10 Å². The number of amides is 1. The number of nitrogens with one attached hydrogen (secondary N) is 1. The first kappa shape index (κ1) is 14.5. The Balaban J connectivity index is 2.87. The third kappa shape index (κ3) is 3.01. The predicted molar refractivity (Wildman–Crippen MR) is 70.3 cm³/mol. The SMILES string of the molecule is COCC(NC(=O)c1c(N)c(C)nn1C)C(C)C. The average molecular weight is 254 g/mol. The molecule has 1 atom stereocenters. The molecule has 1 heterocycles. The standard InChI is InChI=1S/C12H22N4O2/c1-7(2)9(6-18-5)14-12(17)11-10(13)8(3)15-16(11)4/h7,9H,6,13H2,1-5H3,(H,14,17). The maximum Gasteiger partial charge on any atom is 0.272 e. The molecular formula is C12H22N4O2. The van der Waals surface area contributed by atoms with E-state index in [0.717, 1.165) is 0 Å². The molecule has 0 aromatic carbocycles. The Morgan fingerprint density at radius 1 is 1.56 bits per heavy atom. The summed E-state index contributed by atoms with van der Waals surface area (Å²) in [6.45, 7) is 6.31. The molecule has 0 spiro atoms. The molecule has 1 unspecified atom stereocenters. The first-order chi connectivity index (χ1) is 8.38. The van der Waals surface area contributed by atoms with Gasteiger partial charge in [-0.1, -0.05) is 13.8 Å². The first-order valence-electron chi connectivity index (χ1n) is 5.97. The lowest BCUT2D eigenvalue weighted by Crippen LogP contribution is -2.42. The van der Waals surface area contributed by atoms with Crippen LogP contribution >= 0.6 is 0 Å². The van der Waals surface area contributed by atoms with E-state index in [2.05, 4.69) is 10.4 Å². The number of carbonyl (C=O) groups excluding carboxylic acids is 1. The number of ether oxygens (including phenoxy) is 1. The molecule has 0 saturated carbocycles. The molecule has 0 aliphatic rings. The lowest BCUT2D eigenvalue weighted by atomic mass is 10.1. The van der Waals surface area contributed by atoms with Crippen molar-refractivity contribution in [3.05, 3.63) is 11.4 Å². The minimum Gasteiger partial charge on any atom is -0.395 e. The summed E-state index contributed by atoms with van der Waals surface area (Å²) in [5, 5.41) is 7.05. The number of nitrogen functional groups attached to an aromatic ring is 1. The van der Waals surface area contributed by atoms with E-state index in [1.54, 1.807) is 21.1 Å². The summed E-state index contributed by atoms with van der Waals surface area (Å²) in [4.78, 5) is 12.2. The van der Waals surface area contributed by atoms with Gasteiger partial charge in [-0.15, -0.1) is 0 Å². The number of rotatable bonds is 5. The summed E-state index contributed by atoms with van der Waals surface area (Å²) in [7, 11) is 3.32. The van der Waals surface area contributed by atoms with Crippen LogP contribution in [0, 0.1) is 12.8 Å². The van der Waals surface area contributed by atoms with Crippen molar-refractivity contribution in [2.24, 2.45) is 13.0 Å². The summed E-state index contributed by atoms with van der Waals surface area (Å²) in [5.41, 5.74) is 7.34. The van der Waals surface area contributed by atoms with Gasteiger partial charge < -0.3 is 15.8 Å². The Hall–Kier alpha value is -1.56. The highest BCUT2D eigenvalue weighted by Gasteiger charge is 2.22. The van der Waals surface area contributed by atoms with Crippen LogP contribution in [-0.2, 0) is 11.8 Å². The number of aryl methyl sites for hydroxylation is 2. The zero-order valence-electron chi connectivity index (χ0n) is 11.7. The molecule has 6 nitrogen and oxygen atoms in total. The highest BCUT2D eigenvalue weighted by atomic mass is 16.5. The van der Waals surface area contributed by atoms with E-state index in [-0.39, 0.29) is 17.9 Å². The van der Waals surface area contributed by atoms with E-state index in [9.17, 15) is 4.79 Å². The van der Waals surface area contributed by atoms with Gasteiger partial charge in [-0.25, -0.2) is 0 Å². The molecule has 0 radical (unpaired) electrons. The van der Waals surface area contributed by atoms with Gasteiger partial charge in [0.1, 0.15) is 5.69 Å². The number of methoxy groups -OCH3 is 1. The van der Waals surface area contributed by atoms with Gasteiger partial charge in [0, 0.05) is 14.2 Å². The highest BCUT2D eigenvalue weighted by molar-refractivity contribution is 5.98. The molecule has 1 amide bonds. The second-order valence-electron chi connectivity index (χ2n) is 4.75. The topological polar surface area (TPSA) is 82.2 Å². The van der Waals surface area contributed by atoms with Crippen LogP contribution in [0.1, 0.15) is 30.0 Å². The van der Waals surface area contributed by atoms with Crippen molar-refractivity contribution in [3.8, 4) is 0 Å². The van der Waals surface area contributed by atoms with Crippen molar-refractivity contribution in [2.75, 3.05) is 19.5 Å². The monoisotopic (exact) mass is 254 g/mol. The maximum absolute atomic E-state index is 12.2. The van der Waals surface area contributed by atoms with Gasteiger partial charge in [0.2, 0.25) is 0 Å². The molecule has 0 aliphatic carbocycles. The molecule has 102 valence electrons. The Kier molecular flexibility index (Phi) is 4.72. The minimum absolute atomic E-state index is 0.0443. The molecule has 0 fully saturated rings. The van der Waals surface area contributed by atoms with Crippen LogP contribution in [0.4, 0.5) is 5.69 Å². The van der Waals surface area contributed by atoms with E-state index in [1.165, 1.54) is 4.68 Å². The molecule has 0 bridgehead atoms. The van der Waals surface area contributed by atoms with Gasteiger partial charge in [-0.05, 0) is 12.8 Å². The van der Waals surface area contributed by atoms with E-state index in [1.807, 2.05) is 13.8 Å². The third-order valence-corrected chi connectivity index (χ3v) is 2.95. The Labute approximate surface area is 107 Å². The zero-order chi connectivity index (χ0) is 13.9. The van der Waals surface area contributed by atoms with Crippen LogP contribution in [0.5, 0.6) is 0 Å². The van der Waals surface area contributed by atoms with E-state index in [4.69, 9.17) is 10.5 Å². The average Bonchev–Trinajstić information content (AvgIpc) is 2.52. The van der Waals surface area contributed by atoms with Crippen LogP contribution in [0.25, 0.3) is 0 Å². The largest absolute Gasteiger partial charge is 0.395 e. The van der Waals surface area contributed by atoms with Crippen molar-refractivity contribution in [1.29, 1.82) is 0 Å². The van der Waals surface area contributed by atoms with Gasteiger partial charge in [0.05, 0.1) is 24.0 Å². The number of carbonyl (C=O) groups is 1. The Morgan fingerprint density at radius 2 is 2.17 bits per heavy atom. The second-order valence-corrected chi connectivity index (χ2v) is 4.75. The number of nitrogens with zero attached hydrogens (tertiary/aromatic N) is 2. The molecule has 1 aromatic rings. The molecule has 3 N–H and O–H groups in total. The molecule has 0 saturated heterocycles. The molecule has 6 heteroatoms. The third-order valence-electron chi connectivity index (χ3n) is 2.95. The van der Waals surface area contributed by atoms with Crippen molar-refractivity contribution in [3.63, 3.8) is 0 Å². The number of anilines is 1. The van der Waals surface area contributed by atoms with Crippen LogP contribution < -0.4 is 11.1 Å². The predicted octanol–water partition coefficient (Wildman–Crippen LogP) is 0.712. The van der Waals surface area contributed by atoms with Gasteiger partial charge in [-0.3, -0.25) is 9.48 Å². The minimum atomic E-state index is -0.216. The first-order valence-corrected chi connectivity index (χ1v) is 5.97. The summed E-state index contributed by atoms with van der Waals surface area (Å²) in [6, 6.07) is -0.0443. The normalized spacial score (nSPS) is 12.8. The smallest absolute Gasteiger partial charge is 0.272 e. The lowest BCUT2D eigenvalue weighted by Gasteiger charge is -2.21. The molecule has 18 heavy (non-hydrogen) atoms. The van der Waals surface area contributed by atoms with Gasteiger partial charge in [0.25, 0.3) is 5.91 Å². The fraction of sp³-hybridized carbons (Fsp3) is 0.667. The van der Waals surface area contributed by atoms with Crippen molar-refractivity contribution < 1.29 is 9.53 Å². The van der Waals surface area contributed by atoms with Crippen LogP contribution in [0.3, 0.4) is 0 Å². The van der Waals surface area contributed by atoms with Crippen LogP contribution in [0.2, 0.25) is 0 Å². The molecule has 1 rings (SSSR count).